The second kappa shape index (κ2) is 13.1. The van der Waals surface area contributed by atoms with E-state index in [-0.39, 0.29) is 24.5 Å². The number of carbonyl (C=O) groups excluding carboxylic acids is 1. The van der Waals surface area contributed by atoms with Crippen LogP contribution in [0.3, 0.4) is 0 Å². The van der Waals surface area contributed by atoms with Gasteiger partial charge in [0, 0.05) is 12.5 Å². The van der Waals surface area contributed by atoms with E-state index >= 15 is 0 Å². The van der Waals surface area contributed by atoms with E-state index in [0.29, 0.717) is 12.3 Å². The van der Waals surface area contributed by atoms with Gasteiger partial charge in [-0.1, -0.05) is 62.7 Å². The van der Waals surface area contributed by atoms with Crippen LogP contribution in [0.25, 0.3) is 0 Å². The topological polar surface area (TPSA) is 72.6 Å². The average Bonchev–Trinajstić information content (AvgIpc) is 2.75. The van der Waals surface area contributed by atoms with Crippen molar-refractivity contribution in [3.05, 3.63) is 65.7 Å². The Kier molecular flexibility index (Phi) is 10.4. The highest BCUT2D eigenvalue weighted by atomic mass is 16.5. The Bertz CT molecular complexity index is 730. The third-order valence-electron chi connectivity index (χ3n) is 5.74. The standard InChI is InChI=1S/C26H37NO3/c1-3-7-23(26(27)29)14-10-20(2)11-17-25(22-8-5-4-6-9-22)30-24-15-12-21(13-16-24)18-19-28/h4-6,8-9,12-13,15-16,20,23,25,28H,3,7,10-11,14,17-19H2,1-2H3,(H2,27,29). The van der Waals surface area contributed by atoms with Gasteiger partial charge in [0.2, 0.25) is 5.91 Å². The first-order chi connectivity index (χ1) is 14.5. The Balaban J connectivity index is 1.96. The number of aliphatic hydroxyl groups is 1. The number of hydrogen-bond donors (Lipinski definition) is 2. The number of amides is 1. The van der Waals surface area contributed by atoms with Crippen LogP contribution in [0.5, 0.6) is 5.75 Å². The molecular formula is C26H37NO3. The minimum absolute atomic E-state index is 0.00365. The van der Waals surface area contributed by atoms with E-state index in [2.05, 4.69) is 26.0 Å². The van der Waals surface area contributed by atoms with Crippen molar-refractivity contribution in [3.63, 3.8) is 0 Å². The molecule has 2 aromatic rings. The fraction of sp³-hybridized carbons (Fsp3) is 0.500. The van der Waals surface area contributed by atoms with Gasteiger partial charge in [-0.2, -0.15) is 0 Å². The molecule has 0 saturated carbocycles. The highest BCUT2D eigenvalue weighted by Gasteiger charge is 2.18. The van der Waals surface area contributed by atoms with Crippen molar-refractivity contribution in [2.75, 3.05) is 6.61 Å². The molecule has 3 atom stereocenters. The molecule has 0 bridgehead atoms. The maximum atomic E-state index is 11.6. The van der Waals surface area contributed by atoms with Crippen LogP contribution in [0, 0.1) is 11.8 Å². The number of carbonyl (C=O) groups is 1. The van der Waals surface area contributed by atoms with E-state index in [1.165, 1.54) is 5.56 Å². The molecule has 0 radical (unpaired) electrons. The van der Waals surface area contributed by atoms with Gasteiger partial charge in [0.15, 0.2) is 0 Å². The molecule has 0 fully saturated rings. The number of aliphatic hydroxyl groups excluding tert-OH is 1. The third kappa shape index (κ3) is 8.19. The van der Waals surface area contributed by atoms with E-state index in [9.17, 15) is 4.79 Å². The molecule has 2 aromatic carbocycles. The molecule has 1 amide bonds. The number of hydrogen-bond acceptors (Lipinski definition) is 3. The SMILES string of the molecule is CCCC(CCC(C)CCC(Oc1ccc(CCO)cc1)c1ccccc1)C(N)=O. The van der Waals surface area contributed by atoms with Gasteiger partial charge < -0.3 is 15.6 Å². The first kappa shape index (κ1) is 23.9. The lowest BCUT2D eigenvalue weighted by Gasteiger charge is -2.22. The highest BCUT2D eigenvalue weighted by molar-refractivity contribution is 5.76. The third-order valence-corrected chi connectivity index (χ3v) is 5.74. The first-order valence-corrected chi connectivity index (χ1v) is 11.2. The highest BCUT2D eigenvalue weighted by Crippen LogP contribution is 2.29. The van der Waals surface area contributed by atoms with Crippen LogP contribution in [0.2, 0.25) is 0 Å². The second-order valence-electron chi connectivity index (χ2n) is 8.28. The van der Waals surface area contributed by atoms with Gasteiger partial charge in [0.1, 0.15) is 11.9 Å². The Labute approximate surface area is 181 Å². The van der Waals surface area contributed by atoms with Crippen LogP contribution in [-0.4, -0.2) is 17.6 Å². The maximum absolute atomic E-state index is 11.6. The number of ether oxygens (including phenoxy) is 1. The molecule has 3 unspecified atom stereocenters. The Morgan fingerprint density at radius 3 is 2.23 bits per heavy atom. The van der Waals surface area contributed by atoms with Gasteiger partial charge in [0.25, 0.3) is 0 Å². The van der Waals surface area contributed by atoms with Crippen LogP contribution in [-0.2, 0) is 11.2 Å². The molecule has 0 heterocycles. The van der Waals surface area contributed by atoms with Gasteiger partial charge in [-0.05, 0) is 67.7 Å². The van der Waals surface area contributed by atoms with Crippen molar-refractivity contribution in [3.8, 4) is 5.75 Å². The zero-order valence-corrected chi connectivity index (χ0v) is 18.4. The van der Waals surface area contributed by atoms with Crippen molar-refractivity contribution < 1.29 is 14.6 Å². The number of nitrogens with two attached hydrogens (primary N) is 1. The quantitative estimate of drug-likeness (QED) is 0.435. The first-order valence-electron chi connectivity index (χ1n) is 11.2. The molecular weight excluding hydrogens is 374 g/mol. The zero-order chi connectivity index (χ0) is 21.8. The monoisotopic (exact) mass is 411 g/mol. The minimum Gasteiger partial charge on any atom is -0.486 e. The van der Waals surface area contributed by atoms with Crippen LogP contribution in [0.1, 0.15) is 69.6 Å². The van der Waals surface area contributed by atoms with E-state index in [0.717, 1.165) is 49.8 Å². The molecule has 0 aliphatic heterocycles. The summed E-state index contributed by atoms with van der Waals surface area (Å²) in [6.45, 7) is 4.49. The summed E-state index contributed by atoms with van der Waals surface area (Å²) in [6.07, 6.45) is 6.33. The predicted molar refractivity (Wildman–Crippen MR) is 122 cm³/mol. The molecule has 0 spiro atoms. The van der Waals surface area contributed by atoms with Crippen LogP contribution in [0.15, 0.2) is 54.6 Å². The fourth-order valence-electron chi connectivity index (χ4n) is 3.83. The predicted octanol–water partition coefficient (Wildman–Crippen LogP) is 5.44. The van der Waals surface area contributed by atoms with Crippen molar-refractivity contribution in [2.24, 2.45) is 17.6 Å². The molecule has 0 aliphatic rings. The van der Waals surface area contributed by atoms with Gasteiger partial charge in [-0.25, -0.2) is 0 Å². The molecule has 4 nitrogen and oxygen atoms in total. The van der Waals surface area contributed by atoms with Gasteiger partial charge in [0.05, 0.1) is 0 Å². The van der Waals surface area contributed by atoms with Crippen LogP contribution < -0.4 is 10.5 Å². The van der Waals surface area contributed by atoms with E-state index < -0.39 is 0 Å². The van der Waals surface area contributed by atoms with Gasteiger partial charge in [-0.3, -0.25) is 4.79 Å². The van der Waals surface area contributed by atoms with E-state index in [1.54, 1.807) is 0 Å². The smallest absolute Gasteiger partial charge is 0.220 e. The molecule has 0 saturated heterocycles. The number of rotatable bonds is 14. The van der Waals surface area contributed by atoms with Crippen LogP contribution >= 0.6 is 0 Å². The summed E-state index contributed by atoms with van der Waals surface area (Å²) < 4.78 is 6.35. The average molecular weight is 412 g/mol. The van der Waals surface area contributed by atoms with Crippen molar-refractivity contribution in [1.82, 2.24) is 0 Å². The van der Waals surface area contributed by atoms with E-state index in [4.69, 9.17) is 15.6 Å². The summed E-state index contributed by atoms with van der Waals surface area (Å²) in [6, 6.07) is 18.3. The summed E-state index contributed by atoms with van der Waals surface area (Å²) in [5, 5.41) is 9.09. The summed E-state index contributed by atoms with van der Waals surface area (Å²) in [7, 11) is 0. The van der Waals surface area contributed by atoms with Crippen molar-refractivity contribution in [2.45, 2.75) is 64.9 Å². The molecule has 2 rings (SSSR count). The minimum atomic E-state index is -0.167. The Hall–Kier alpha value is -2.33. The van der Waals surface area contributed by atoms with Crippen molar-refractivity contribution in [1.29, 1.82) is 0 Å². The summed E-state index contributed by atoms with van der Waals surface area (Å²) >= 11 is 0. The largest absolute Gasteiger partial charge is 0.486 e. The van der Waals surface area contributed by atoms with Crippen molar-refractivity contribution >= 4 is 5.91 Å². The Morgan fingerprint density at radius 1 is 0.967 bits per heavy atom. The molecule has 30 heavy (non-hydrogen) atoms. The maximum Gasteiger partial charge on any atom is 0.220 e. The van der Waals surface area contributed by atoms with Gasteiger partial charge in [-0.15, -0.1) is 0 Å². The Morgan fingerprint density at radius 2 is 1.63 bits per heavy atom. The van der Waals surface area contributed by atoms with E-state index in [1.807, 2.05) is 42.5 Å². The fourth-order valence-corrected chi connectivity index (χ4v) is 3.83. The second-order valence-corrected chi connectivity index (χ2v) is 8.28. The molecule has 0 aromatic heterocycles. The summed E-state index contributed by atoms with van der Waals surface area (Å²) in [5.41, 5.74) is 7.82. The summed E-state index contributed by atoms with van der Waals surface area (Å²) in [4.78, 5) is 11.6. The lowest BCUT2D eigenvalue weighted by atomic mass is 9.89. The zero-order valence-electron chi connectivity index (χ0n) is 18.4. The molecule has 3 N–H and O–H groups in total. The normalized spacial score (nSPS) is 14.1. The lowest BCUT2D eigenvalue weighted by Crippen LogP contribution is -2.23. The van der Waals surface area contributed by atoms with Gasteiger partial charge >= 0.3 is 0 Å². The van der Waals surface area contributed by atoms with Crippen LogP contribution in [0.4, 0.5) is 0 Å². The summed E-state index contributed by atoms with van der Waals surface area (Å²) in [5.74, 6) is 1.18. The number of benzene rings is 2. The molecule has 4 heteroatoms. The molecule has 164 valence electrons. The number of primary amides is 1. The molecule has 0 aliphatic carbocycles. The lowest BCUT2D eigenvalue weighted by molar-refractivity contribution is -0.122.